The van der Waals surface area contributed by atoms with Crippen molar-refractivity contribution in [3.63, 3.8) is 0 Å². The first-order valence-electron chi connectivity index (χ1n) is 5.91. The van der Waals surface area contributed by atoms with Crippen molar-refractivity contribution in [2.75, 3.05) is 6.54 Å². The molecule has 2 rings (SSSR count). The molecule has 0 saturated carbocycles. The van der Waals surface area contributed by atoms with E-state index >= 15 is 0 Å². The third-order valence-corrected chi connectivity index (χ3v) is 2.89. The highest BCUT2D eigenvalue weighted by molar-refractivity contribution is 5.33. The summed E-state index contributed by atoms with van der Waals surface area (Å²) in [5, 5.41) is 0. The summed E-state index contributed by atoms with van der Waals surface area (Å²) in [5.41, 5.74) is 8.48. The van der Waals surface area contributed by atoms with Crippen LogP contribution in [0.4, 0.5) is 8.78 Å². The molecule has 0 saturated heterocycles. The van der Waals surface area contributed by atoms with Gasteiger partial charge in [-0.3, -0.25) is 0 Å². The van der Waals surface area contributed by atoms with Crippen LogP contribution in [0.2, 0.25) is 0 Å². The van der Waals surface area contributed by atoms with Gasteiger partial charge in [0.25, 0.3) is 0 Å². The van der Waals surface area contributed by atoms with Gasteiger partial charge in [0.1, 0.15) is 11.6 Å². The minimum Gasteiger partial charge on any atom is -0.330 e. The highest BCUT2D eigenvalue weighted by Crippen LogP contribution is 2.17. The number of hydrogen-bond acceptors (Lipinski definition) is 1. The van der Waals surface area contributed by atoms with Crippen LogP contribution in [0.1, 0.15) is 16.7 Å². The van der Waals surface area contributed by atoms with E-state index in [1.807, 2.05) is 0 Å². The van der Waals surface area contributed by atoms with Crippen LogP contribution in [-0.4, -0.2) is 6.54 Å². The second-order valence-corrected chi connectivity index (χ2v) is 4.25. The van der Waals surface area contributed by atoms with Crippen molar-refractivity contribution in [2.45, 2.75) is 12.8 Å². The molecule has 0 aromatic heterocycles. The fourth-order valence-corrected chi connectivity index (χ4v) is 1.98. The molecule has 2 aromatic rings. The Hall–Kier alpha value is -1.74. The maximum Gasteiger partial charge on any atom is 0.123 e. The lowest BCUT2D eigenvalue weighted by Crippen LogP contribution is -2.06. The second kappa shape index (κ2) is 5.74. The SMILES string of the molecule is NCCc1cc(F)ccc1Cc1ccc(F)cc1. The van der Waals surface area contributed by atoms with E-state index in [4.69, 9.17) is 5.73 Å². The summed E-state index contributed by atoms with van der Waals surface area (Å²) in [6, 6.07) is 11.1. The first-order chi connectivity index (χ1) is 8.69. The zero-order valence-electron chi connectivity index (χ0n) is 10.00. The highest BCUT2D eigenvalue weighted by Gasteiger charge is 2.05. The van der Waals surface area contributed by atoms with Crippen LogP contribution >= 0.6 is 0 Å². The summed E-state index contributed by atoms with van der Waals surface area (Å²) in [6.07, 6.45) is 1.31. The summed E-state index contributed by atoms with van der Waals surface area (Å²) in [5.74, 6) is -0.499. The van der Waals surface area contributed by atoms with E-state index in [1.165, 1.54) is 24.3 Å². The zero-order valence-corrected chi connectivity index (χ0v) is 10.00. The third-order valence-electron chi connectivity index (χ3n) is 2.89. The number of rotatable bonds is 4. The van der Waals surface area contributed by atoms with Gasteiger partial charge in [0.2, 0.25) is 0 Å². The van der Waals surface area contributed by atoms with Crippen molar-refractivity contribution in [3.05, 3.63) is 70.8 Å². The normalized spacial score (nSPS) is 10.6. The second-order valence-electron chi connectivity index (χ2n) is 4.25. The molecule has 0 aliphatic heterocycles. The Kier molecular flexibility index (Phi) is 4.05. The van der Waals surface area contributed by atoms with Gasteiger partial charge in [-0.25, -0.2) is 8.78 Å². The summed E-state index contributed by atoms with van der Waals surface area (Å²) in [4.78, 5) is 0. The lowest BCUT2D eigenvalue weighted by atomic mass is 9.98. The summed E-state index contributed by atoms with van der Waals surface area (Å²) < 4.78 is 26.0. The van der Waals surface area contributed by atoms with Crippen molar-refractivity contribution in [1.29, 1.82) is 0 Å². The lowest BCUT2D eigenvalue weighted by Gasteiger charge is -2.09. The molecular weight excluding hydrogens is 232 g/mol. The van der Waals surface area contributed by atoms with E-state index in [1.54, 1.807) is 18.2 Å². The van der Waals surface area contributed by atoms with E-state index in [-0.39, 0.29) is 11.6 Å². The van der Waals surface area contributed by atoms with Crippen molar-refractivity contribution in [3.8, 4) is 0 Å². The quantitative estimate of drug-likeness (QED) is 0.883. The Morgan fingerprint density at radius 3 is 2.17 bits per heavy atom. The molecule has 0 aliphatic carbocycles. The number of nitrogens with two attached hydrogens (primary N) is 1. The van der Waals surface area contributed by atoms with Crippen molar-refractivity contribution >= 4 is 0 Å². The van der Waals surface area contributed by atoms with E-state index < -0.39 is 0 Å². The van der Waals surface area contributed by atoms with Crippen LogP contribution in [-0.2, 0) is 12.8 Å². The summed E-state index contributed by atoms with van der Waals surface area (Å²) in [6.45, 7) is 0.486. The topological polar surface area (TPSA) is 26.0 Å². The van der Waals surface area contributed by atoms with Crippen LogP contribution in [0.15, 0.2) is 42.5 Å². The Bertz CT molecular complexity index is 521. The van der Waals surface area contributed by atoms with Gasteiger partial charge in [0, 0.05) is 0 Å². The Morgan fingerprint density at radius 1 is 0.833 bits per heavy atom. The molecule has 0 spiro atoms. The van der Waals surface area contributed by atoms with Crippen molar-refractivity contribution < 1.29 is 8.78 Å². The van der Waals surface area contributed by atoms with Crippen molar-refractivity contribution in [2.24, 2.45) is 5.73 Å². The molecule has 18 heavy (non-hydrogen) atoms. The van der Waals surface area contributed by atoms with Crippen LogP contribution in [0.3, 0.4) is 0 Å². The number of halogens is 2. The highest BCUT2D eigenvalue weighted by atomic mass is 19.1. The smallest absolute Gasteiger partial charge is 0.123 e. The molecule has 2 N–H and O–H groups in total. The predicted molar refractivity (Wildman–Crippen MR) is 68.4 cm³/mol. The zero-order chi connectivity index (χ0) is 13.0. The largest absolute Gasteiger partial charge is 0.330 e. The van der Waals surface area contributed by atoms with E-state index in [9.17, 15) is 8.78 Å². The molecule has 94 valence electrons. The standard InChI is InChI=1S/C15H15F2N/c16-14-4-1-11(2-5-14)9-12-3-6-15(17)10-13(12)7-8-18/h1-6,10H,7-9,18H2. The molecule has 0 aliphatic rings. The van der Waals surface area contributed by atoms with Gasteiger partial charge in [0.05, 0.1) is 0 Å². The molecule has 0 atom stereocenters. The molecule has 3 heteroatoms. The monoisotopic (exact) mass is 247 g/mol. The van der Waals surface area contributed by atoms with Gasteiger partial charge in [-0.2, -0.15) is 0 Å². The Balaban J connectivity index is 2.25. The number of benzene rings is 2. The third kappa shape index (κ3) is 3.14. The molecule has 0 radical (unpaired) electrons. The first-order valence-corrected chi connectivity index (χ1v) is 5.91. The molecule has 0 amide bonds. The fraction of sp³-hybridized carbons (Fsp3) is 0.200. The van der Waals surface area contributed by atoms with Crippen LogP contribution in [0.25, 0.3) is 0 Å². The van der Waals surface area contributed by atoms with E-state index in [0.29, 0.717) is 19.4 Å². The fourth-order valence-electron chi connectivity index (χ4n) is 1.98. The lowest BCUT2D eigenvalue weighted by molar-refractivity contribution is 0.624. The number of hydrogen-bond donors (Lipinski definition) is 1. The van der Waals surface area contributed by atoms with Crippen LogP contribution in [0.5, 0.6) is 0 Å². The molecule has 0 unspecified atom stereocenters. The maximum absolute atomic E-state index is 13.2. The van der Waals surface area contributed by atoms with Gasteiger partial charge in [-0.05, 0) is 60.3 Å². The minimum absolute atomic E-state index is 0.249. The van der Waals surface area contributed by atoms with Gasteiger partial charge < -0.3 is 5.73 Å². The van der Waals surface area contributed by atoms with Crippen LogP contribution < -0.4 is 5.73 Å². The Morgan fingerprint density at radius 2 is 1.50 bits per heavy atom. The van der Waals surface area contributed by atoms with E-state index in [2.05, 4.69) is 0 Å². The van der Waals surface area contributed by atoms with Crippen LogP contribution in [0, 0.1) is 11.6 Å². The minimum atomic E-state index is -0.250. The van der Waals surface area contributed by atoms with Gasteiger partial charge in [-0.15, -0.1) is 0 Å². The Labute approximate surface area is 105 Å². The molecule has 0 fully saturated rings. The first kappa shape index (κ1) is 12.7. The molecule has 0 bridgehead atoms. The molecular formula is C15H15F2N. The molecule has 2 aromatic carbocycles. The molecule has 0 heterocycles. The molecule has 1 nitrogen and oxygen atoms in total. The van der Waals surface area contributed by atoms with Crippen molar-refractivity contribution in [1.82, 2.24) is 0 Å². The van der Waals surface area contributed by atoms with Gasteiger partial charge >= 0.3 is 0 Å². The summed E-state index contributed by atoms with van der Waals surface area (Å²) in [7, 11) is 0. The average Bonchev–Trinajstić information content (AvgIpc) is 2.36. The van der Waals surface area contributed by atoms with Gasteiger partial charge in [0.15, 0.2) is 0 Å². The summed E-state index contributed by atoms with van der Waals surface area (Å²) >= 11 is 0. The van der Waals surface area contributed by atoms with E-state index in [0.717, 1.165) is 16.7 Å². The predicted octanol–water partition coefficient (Wildman–Crippen LogP) is 3.06. The van der Waals surface area contributed by atoms with Gasteiger partial charge in [-0.1, -0.05) is 18.2 Å². The maximum atomic E-state index is 13.2. The average molecular weight is 247 g/mol.